The SMILES string of the molecule is Cc1cnc(-c2cnc(Nc3ccc(C(=O)N(C)C)cc3)nc2N)o1. The summed E-state index contributed by atoms with van der Waals surface area (Å²) in [6, 6.07) is 7.03. The Balaban J connectivity index is 1.77. The van der Waals surface area contributed by atoms with Gasteiger partial charge in [-0.1, -0.05) is 0 Å². The number of carbonyl (C=O) groups is 1. The lowest BCUT2D eigenvalue weighted by molar-refractivity contribution is 0.0827. The van der Waals surface area contributed by atoms with Crippen molar-refractivity contribution in [3.8, 4) is 11.5 Å². The zero-order chi connectivity index (χ0) is 18.0. The molecule has 0 fully saturated rings. The average Bonchev–Trinajstić information content (AvgIpc) is 3.01. The van der Waals surface area contributed by atoms with Crippen molar-refractivity contribution < 1.29 is 9.21 Å². The van der Waals surface area contributed by atoms with Gasteiger partial charge in [-0.2, -0.15) is 4.98 Å². The number of carbonyl (C=O) groups excluding carboxylic acids is 1. The largest absolute Gasteiger partial charge is 0.441 e. The highest BCUT2D eigenvalue weighted by molar-refractivity contribution is 5.94. The number of aromatic nitrogens is 3. The Morgan fingerprint density at radius 2 is 1.88 bits per heavy atom. The Morgan fingerprint density at radius 3 is 2.44 bits per heavy atom. The van der Waals surface area contributed by atoms with Crippen LogP contribution in [0.15, 0.2) is 41.1 Å². The van der Waals surface area contributed by atoms with Gasteiger partial charge in [0.05, 0.1) is 11.8 Å². The number of nitrogens with zero attached hydrogens (tertiary/aromatic N) is 4. The lowest BCUT2D eigenvalue weighted by Gasteiger charge is -2.11. The molecule has 0 aliphatic rings. The maximum absolute atomic E-state index is 11.9. The number of rotatable bonds is 4. The average molecular weight is 338 g/mol. The summed E-state index contributed by atoms with van der Waals surface area (Å²) in [5, 5.41) is 3.05. The first-order valence-electron chi connectivity index (χ1n) is 7.58. The van der Waals surface area contributed by atoms with Crippen molar-refractivity contribution in [1.29, 1.82) is 0 Å². The van der Waals surface area contributed by atoms with Gasteiger partial charge in [-0.3, -0.25) is 4.79 Å². The highest BCUT2D eigenvalue weighted by atomic mass is 16.4. The molecular formula is C17H18N6O2. The summed E-state index contributed by atoms with van der Waals surface area (Å²) in [6.45, 7) is 1.80. The summed E-state index contributed by atoms with van der Waals surface area (Å²) in [6.07, 6.45) is 3.16. The fourth-order valence-corrected chi connectivity index (χ4v) is 2.18. The minimum Gasteiger partial charge on any atom is -0.441 e. The number of nitrogens with one attached hydrogen (secondary N) is 1. The van der Waals surface area contributed by atoms with Crippen molar-refractivity contribution in [3.05, 3.63) is 48.0 Å². The van der Waals surface area contributed by atoms with Crippen LogP contribution in [0.5, 0.6) is 0 Å². The molecule has 0 unspecified atom stereocenters. The Hall–Kier alpha value is -3.42. The second-order valence-corrected chi connectivity index (χ2v) is 5.67. The standard InChI is InChI=1S/C17H18N6O2/c1-10-8-19-15(25-10)13-9-20-17(22-14(13)18)21-12-6-4-11(5-7-12)16(24)23(2)3/h4-9H,1-3H3,(H3,18,20,21,22). The third-order valence-electron chi connectivity index (χ3n) is 3.46. The summed E-state index contributed by atoms with van der Waals surface area (Å²) >= 11 is 0. The molecule has 3 rings (SSSR count). The number of nitrogens with two attached hydrogens (primary N) is 1. The third-order valence-corrected chi connectivity index (χ3v) is 3.46. The number of aryl methyl sites for hydroxylation is 1. The molecule has 0 saturated heterocycles. The highest BCUT2D eigenvalue weighted by Gasteiger charge is 2.12. The van der Waals surface area contributed by atoms with Crippen LogP contribution in [-0.2, 0) is 0 Å². The number of nitrogen functional groups attached to an aromatic ring is 1. The monoisotopic (exact) mass is 338 g/mol. The van der Waals surface area contributed by atoms with E-state index in [4.69, 9.17) is 10.2 Å². The van der Waals surface area contributed by atoms with Crippen LogP contribution in [0.2, 0.25) is 0 Å². The Kier molecular flexibility index (Phi) is 4.34. The van der Waals surface area contributed by atoms with Gasteiger partial charge in [0.1, 0.15) is 11.6 Å². The molecule has 3 aromatic rings. The number of oxazole rings is 1. The van der Waals surface area contributed by atoms with Gasteiger partial charge >= 0.3 is 0 Å². The van der Waals surface area contributed by atoms with Gasteiger partial charge in [0, 0.05) is 31.5 Å². The summed E-state index contributed by atoms with van der Waals surface area (Å²) in [7, 11) is 3.42. The second kappa shape index (κ2) is 6.60. The zero-order valence-corrected chi connectivity index (χ0v) is 14.1. The van der Waals surface area contributed by atoms with Gasteiger partial charge in [0.25, 0.3) is 5.91 Å². The van der Waals surface area contributed by atoms with Gasteiger partial charge < -0.3 is 20.4 Å². The van der Waals surface area contributed by atoms with Crippen LogP contribution in [0.3, 0.4) is 0 Å². The van der Waals surface area contributed by atoms with Crippen LogP contribution in [0.1, 0.15) is 16.1 Å². The van der Waals surface area contributed by atoms with Gasteiger partial charge in [-0.15, -0.1) is 0 Å². The van der Waals surface area contributed by atoms with E-state index in [9.17, 15) is 4.79 Å². The quantitative estimate of drug-likeness (QED) is 0.752. The predicted octanol–water partition coefficient (Wildman–Crippen LogP) is 2.47. The number of hydrogen-bond acceptors (Lipinski definition) is 7. The van der Waals surface area contributed by atoms with Crippen molar-refractivity contribution in [1.82, 2.24) is 19.9 Å². The van der Waals surface area contributed by atoms with Crippen molar-refractivity contribution in [3.63, 3.8) is 0 Å². The summed E-state index contributed by atoms with van der Waals surface area (Å²) in [5.74, 6) is 1.62. The molecule has 1 aromatic carbocycles. The van der Waals surface area contributed by atoms with E-state index in [1.807, 2.05) is 0 Å². The fourth-order valence-electron chi connectivity index (χ4n) is 2.18. The second-order valence-electron chi connectivity index (χ2n) is 5.67. The van der Waals surface area contributed by atoms with E-state index < -0.39 is 0 Å². The molecule has 0 radical (unpaired) electrons. The van der Waals surface area contributed by atoms with E-state index >= 15 is 0 Å². The maximum atomic E-state index is 11.9. The summed E-state index contributed by atoms with van der Waals surface area (Å²) < 4.78 is 5.44. The maximum Gasteiger partial charge on any atom is 0.253 e. The van der Waals surface area contributed by atoms with Crippen LogP contribution < -0.4 is 11.1 Å². The molecule has 0 aliphatic heterocycles. The number of hydrogen-bond donors (Lipinski definition) is 2. The third kappa shape index (κ3) is 3.57. The van der Waals surface area contributed by atoms with Crippen LogP contribution in [0, 0.1) is 6.92 Å². The molecule has 8 nitrogen and oxygen atoms in total. The van der Waals surface area contributed by atoms with E-state index in [-0.39, 0.29) is 11.7 Å². The van der Waals surface area contributed by atoms with E-state index in [2.05, 4.69) is 20.3 Å². The molecule has 3 N–H and O–H groups in total. The van der Waals surface area contributed by atoms with E-state index in [0.29, 0.717) is 28.7 Å². The van der Waals surface area contributed by atoms with Crippen LogP contribution in [0.25, 0.3) is 11.5 Å². The van der Waals surface area contributed by atoms with Crippen LogP contribution in [-0.4, -0.2) is 39.9 Å². The molecule has 128 valence electrons. The molecule has 8 heteroatoms. The smallest absolute Gasteiger partial charge is 0.253 e. The Morgan fingerprint density at radius 1 is 1.16 bits per heavy atom. The van der Waals surface area contributed by atoms with Crippen LogP contribution >= 0.6 is 0 Å². The first kappa shape index (κ1) is 16.4. The van der Waals surface area contributed by atoms with Gasteiger partial charge in [0.15, 0.2) is 0 Å². The molecule has 0 saturated carbocycles. The Labute approximate surface area is 144 Å². The first-order chi connectivity index (χ1) is 11.9. The van der Waals surface area contributed by atoms with Crippen molar-refractivity contribution >= 4 is 23.4 Å². The first-order valence-corrected chi connectivity index (χ1v) is 7.58. The minimum atomic E-state index is -0.0577. The van der Waals surface area contributed by atoms with Crippen molar-refractivity contribution in [2.75, 3.05) is 25.1 Å². The minimum absolute atomic E-state index is 0.0577. The molecule has 2 aromatic heterocycles. The fraction of sp³-hybridized carbons (Fsp3) is 0.176. The summed E-state index contributed by atoms with van der Waals surface area (Å²) in [5.41, 5.74) is 7.85. The number of benzene rings is 1. The van der Waals surface area contributed by atoms with Gasteiger partial charge in [-0.25, -0.2) is 9.97 Å². The van der Waals surface area contributed by atoms with E-state index in [1.165, 1.54) is 4.90 Å². The normalized spacial score (nSPS) is 10.5. The molecule has 0 bridgehead atoms. The lowest BCUT2D eigenvalue weighted by atomic mass is 10.2. The Bertz CT molecular complexity index is 902. The molecule has 25 heavy (non-hydrogen) atoms. The molecule has 0 spiro atoms. The zero-order valence-electron chi connectivity index (χ0n) is 14.1. The number of anilines is 3. The topological polar surface area (TPSA) is 110 Å². The number of amides is 1. The van der Waals surface area contributed by atoms with Gasteiger partial charge in [0.2, 0.25) is 11.8 Å². The molecule has 1 amide bonds. The van der Waals surface area contributed by atoms with Gasteiger partial charge in [-0.05, 0) is 31.2 Å². The van der Waals surface area contributed by atoms with Crippen LogP contribution in [0.4, 0.5) is 17.5 Å². The molecule has 2 heterocycles. The molecular weight excluding hydrogens is 320 g/mol. The highest BCUT2D eigenvalue weighted by Crippen LogP contribution is 2.25. The molecule has 0 atom stereocenters. The van der Waals surface area contributed by atoms with E-state index in [0.717, 1.165) is 5.69 Å². The lowest BCUT2D eigenvalue weighted by Crippen LogP contribution is -2.21. The van der Waals surface area contributed by atoms with Crippen molar-refractivity contribution in [2.45, 2.75) is 6.92 Å². The summed E-state index contributed by atoms with van der Waals surface area (Å²) in [4.78, 5) is 26.0. The molecule has 0 aliphatic carbocycles. The predicted molar refractivity (Wildman–Crippen MR) is 94.4 cm³/mol. The van der Waals surface area contributed by atoms with E-state index in [1.54, 1.807) is 57.7 Å². The van der Waals surface area contributed by atoms with Crippen molar-refractivity contribution in [2.24, 2.45) is 0 Å².